The summed E-state index contributed by atoms with van der Waals surface area (Å²) in [6.07, 6.45) is 2.07. The van der Waals surface area contributed by atoms with E-state index in [0.29, 0.717) is 36.7 Å². The maximum atomic E-state index is 14.3. The molecule has 0 radical (unpaired) electrons. The zero-order chi connectivity index (χ0) is 23.9. The van der Waals surface area contributed by atoms with Crippen molar-refractivity contribution in [3.05, 3.63) is 89.0 Å². The number of carboxylic acid groups (broad SMARTS) is 1. The fourth-order valence-electron chi connectivity index (χ4n) is 4.30. The zero-order valence-electron chi connectivity index (χ0n) is 18.9. The molecule has 0 atom stereocenters. The molecule has 0 spiro atoms. The number of nitrogens with one attached hydrogen (secondary N) is 1. The van der Waals surface area contributed by atoms with Crippen LogP contribution in [-0.2, 0) is 24.2 Å². The van der Waals surface area contributed by atoms with E-state index in [1.54, 1.807) is 24.3 Å². The molecule has 1 aliphatic heterocycles. The highest BCUT2D eigenvalue weighted by Crippen LogP contribution is 2.30. The van der Waals surface area contributed by atoms with E-state index < -0.39 is 11.8 Å². The number of benzene rings is 3. The third-order valence-electron chi connectivity index (χ3n) is 6.01. The van der Waals surface area contributed by atoms with Crippen LogP contribution in [0.5, 0.6) is 5.75 Å². The zero-order valence-corrected chi connectivity index (χ0v) is 18.9. The van der Waals surface area contributed by atoms with E-state index in [1.165, 1.54) is 29.4 Å². The number of rotatable bonds is 10. The first-order valence-electron chi connectivity index (χ1n) is 11.5. The van der Waals surface area contributed by atoms with Gasteiger partial charge in [0.1, 0.15) is 24.0 Å². The number of aliphatic carboxylic acids is 1. The lowest BCUT2D eigenvalue weighted by Crippen LogP contribution is -2.33. The summed E-state index contributed by atoms with van der Waals surface area (Å²) in [6, 6.07) is 17.2. The van der Waals surface area contributed by atoms with Gasteiger partial charge in [0, 0.05) is 37.0 Å². The van der Waals surface area contributed by atoms with Gasteiger partial charge in [-0.25, -0.2) is 8.78 Å². The second kappa shape index (κ2) is 11.0. The maximum Gasteiger partial charge on any atom is 0.303 e. The first-order chi connectivity index (χ1) is 16.5. The van der Waals surface area contributed by atoms with Crippen LogP contribution in [-0.4, -0.2) is 30.8 Å². The van der Waals surface area contributed by atoms with Crippen molar-refractivity contribution in [3.8, 4) is 5.75 Å². The predicted octanol–water partition coefficient (Wildman–Crippen LogP) is 5.43. The van der Waals surface area contributed by atoms with E-state index in [4.69, 9.17) is 9.84 Å². The Labute approximate surface area is 198 Å². The van der Waals surface area contributed by atoms with Gasteiger partial charge >= 0.3 is 5.97 Å². The van der Waals surface area contributed by atoms with Crippen molar-refractivity contribution >= 4 is 17.3 Å². The predicted molar refractivity (Wildman–Crippen MR) is 129 cm³/mol. The average Bonchev–Trinajstić information content (AvgIpc) is 2.82. The molecule has 0 bridgehead atoms. The van der Waals surface area contributed by atoms with E-state index in [2.05, 4.69) is 22.3 Å². The van der Waals surface area contributed by atoms with Gasteiger partial charge in [0.15, 0.2) is 0 Å². The van der Waals surface area contributed by atoms with Gasteiger partial charge in [-0.05, 0) is 66.3 Å². The summed E-state index contributed by atoms with van der Waals surface area (Å²) in [4.78, 5) is 13.0. The van der Waals surface area contributed by atoms with Crippen molar-refractivity contribution in [1.29, 1.82) is 0 Å². The maximum absolute atomic E-state index is 14.3. The van der Waals surface area contributed by atoms with Gasteiger partial charge in [-0.1, -0.05) is 24.3 Å². The number of carbonyl (C=O) groups is 1. The lowest BCUT2D eigenvalue weighted by Gasteiger charge is -2.32. The summed E-state index contributed by atoms with van der Waals surface area (Å²) in [5, 5.41) is 12.1. The molecule has 0 amide bonds. The second-order valence-electron chi connectivity index (χ2n) is 8.36. The number of carboxylic acids is 1. The number of hydrogen-bond acceptors (Lipinski definition) is 4. The number of fused-ring (bicyclic) bond motifs is 1. The molecule has 3 aromatic carbocycles. The molecule has 0 aliphatic carbocycles. The normalized spacial score (nSPS) is 12.8. The van der Waals surface area contributed by atoms with E-state index in [9.17, 15) is 13.6 Å². The summed E-state index contributed by atoms with van der Waals surface area (Å²) in [6.45, 7) is 2.65. The minimum absolute atomic E-state index is 0.0936. The lowest BCUT2D eigenvalue weighted by atomic mass is 9.96. The summed E-state index contributed by atoms with van der Waals surface area (Å²) in [5.74, 6) is -1.13. The minimum Gasteiger partial charge on any atom is -0.492 e. The topological polar surface area (TPSA) is 61.8 Å². The molecule has 3 aromatic rings. The molecule has 4 rings (SSSR count). The fourth-order valence-corrected chi connectivity index (χ4v) is 4.30. The molecule has 178 valence electrons. The third-order valence-corrected chi connectivity index (χ3v) is 6.01. The van der Waals surface area contributed by atoms with Crippen LogP contribution < -0.4 is 15.0 Å². The van der Waals surface area contributed by atoms with Crippen molar-refractivity contribution < 1.29 is 23.4 Å². The molecule has 7 heteroatoms. The van der Waals surface area contributed by atoms with Crippen LogP contribution in [0.15, 0.2) is 60.7 Å². The molecule has 0 unspecified atom stereocenters. The van der Waals surface area contributed by atoms with E-state index in [1.807, 2.05) is 6.07 Å². The highest BCUT2D eigenvalue weighted by atomic mass is 19.1. The van der Waals surface area contributed by atoms with E-state index in [0.717, 1.165) is 24.9 Å². The van der Waals surface area contributed by atoms with Crippen LogP contribution in [0.25, 0.3) is 0 Å². The third kappa shape index (κ3) is 6.04. The Balaban J connectivity index is 1.38. The number of hydrogen-bond donors (Lipinski definition) is 2. The molecular weight excluding hydrogens is 438 g/mol. The van der Waals surface area contributed by atoms with Crippen molar-refractivity contribution in [2.24, 2.45) is 0 Å². The van der Waals surface area contributed by atoms with Crippen LogP contribution >= 0.6 is 0 Å². The molecule has 0 saturated carbocycles. The van der Waals surface area contributed by atoms with Crippen molar-refractivity contribution in [2.45, 2.75) is 32.2 Å². The first-order valence-corrected chi connectivity index (χ1v) is 11.5. The molecule has 0 fully saturated rings. The fraction of sp³-hybridized carbons (Fsp3) is 0.296. The summed E-state index contributed by atoms with van der Waals surface area (Å²) >= 11 is 0. The van der Waals surface area contributed by atoms with Crippen LogP contribution in [0.3, 0.4) is 0 Å². The quantitative estimate of drug-likeness (QED) is 0.418. The van der Waals surface area contributed by atoms with Gasteiger partial charge in [0.05, 0.1) is 6.54 Å². The van der Waals surface area contributed by atoms with Crippen LogP contribution in [0.2, 0.25) is 0 Å². The van der Waals surface area contributed by atoms with Crippen molar-refractivity contribution in [1.82, 2.24) is 0 Å². The number of nitrogens with zero attached hydrogens (tertiary/aromatic N) is 1. The molecule has 0 saturated heterocycles. The van der Waals surface area contributed by atoms with E-state index >= 15 is 0 Å². The SMILES string of the molecule is O=C(O)CCc1ccc(NCc2cccc3c2CCCN3CCOc2cccc(F)c2)cc1F. The Kier molecular flexibility index (Phi) is 7.62. The lowest BCUT2D eigenvalue weighted by molar-refractivity contribution is -0.136. The summed E-state index contributed by atoms with van der Waals surface area (Å²) < 4.78 is 33.4. The summed E-state index contributed by atoms with van der Waals surface area (Å²) in [7, 11) is 0. The van der Waals surface area contributed by atoms with Gasteiger partial charge in [0.2, 0.25) is 0 Å². The Morgan fingerprint density at radius 1 is 1.06 bits per heavy atom. The standard InChI is InChI=1S/C27H28F2N2O3/c28-21-5-2-6-23(16-21)34-15-14-31-13-3-7-24-20(4-1-8-26(24)31)18-30-22-11-9-19(25(29)17-22)10-12-27(32)33/h1-2,4-6,8-9,11,16-17,30H,3,7,10,12-15,18H2,(H,32,33). The Bertz CT molecular complexity index is 1150. The molecule has 5 nitrogen and oxygen atoms in total. The van der Waals surface area contributed by atoms with Gasteiger partial charge in [-0.3, -0.25) is 4.79 Å². The van der Waals surface area contributed by atoms with Gasteiger partial charge in [-0.2, -0.15) is 0 Å². The molecule has 1 heterocycles. The molecule has 1 aliphatic rings. The van der Waals surface area contributed by atoms with Gasteiger partial charge in [0.25, 0.3) is 0 Å². The molecule has 2 N–H and O–H groups in total. The molecular formula is C27H28F2N2O3. The van der Waals surface area contributed by atoms with Gasteiger partial charge < -0.3 is 20.1 Å². The van der Waals surface area contributed by atoms with Crippen LogP contribution in [0, 0.1) is 11.6 Å². The highest BCUT2D eigenvalue weighted by molar-refractivity contribution is 5.67. The highest BCUT2D eigenvalue weighted by Gasteiger charge is 2.19. The average molecular weight is 467 g/mol. The van der Waals surface area contributed by atoms with Crippen LogP contribution in [0.1, 0.15) is 29.5 Å². The van der Waals surface area contributed by atoms with Crippen molar-refractivity contribution in [3.63, 3.8) is 0 Å². The number of anilines is 2. The Hall–Kier alpha value is -3.61. The molecule has 34 heavy (non-hydrogen) atoms. The van der Waals surface area contributed by atoms with Crippen molar-refractivity contribution in [2.75, 3.05) is 29.9 Å². The largest absolute Gasteiger partial charge is 0.492 e. The number of ether oxygens (including phenoxy) is 1. The number of halogens is 2. The second-order valence-corrected chi connectivity index (χ2v) is 8.36. The van der Waals surface area contributed by atoms with Gasteiger partial charge in [-0.15, -0.1) is 0 Å². The van der Waals surface area contributed by atoms with E-state index in [-0.39, 0.29) is 18.7 Å². The Morgan fingerprint density at radius 3 is 2.71 bits per heavy atom. The summed E-state index contributed by atoms with van der Waals surface area (Å²) in [5.41, 5.74) is 4.66. The van der Waals surface area contributed by atoms with Crippen LogP contribution in [0.4, 0.5) is 20.2 Å². The minimum atomic E-state index is -0.940. The monoisotopic (exact) mass is 466 g/mol. The number of aryl methyl sites for hydroxylation is 1. The first kappa shape index (κ1) is 23.5. The smallest absolute Gasteiger partial charge is 0.303 e. The Morgan fingerprint density at radius 2 is 1.91 bits per heavy atom. The molecule has 0 aromatic heterocycles.